The summed E-state index contributed by atoms with van der Waals surface area (Å²) in [5, 5.41) is 0.0482. The molecule has 0 aliphatic heterocycles. The van der Waals surface area contributed by atoms with Crippen molar-refractivity contribution in [3.05, 3.63) is 17.2 Å². The zero-order chi connectivity index (χ0) is 11.6. The fourth-order valence-corrected chi connectivity index (χ4v) is 1.12. The Kier molecular flexibility index (Phi) is 3.18. The maximum atomic E-state index is 11.9. The van der Waals surface area contributed by atoms with Gasteiger partial charge >= 0.3 is 6.36 Å². The van der Waals surface area contributed by atoms with Crippen LogP contribution in [0.2, 0.25) is 5.02 Å². The molecule has 1 aromatic carbocycles. The van der Waals surface area contributed by atoms with E-state index >= 15 is 0 Å². The van der Waals surface area contributed by atoms with Crippen molar-refractivity contribution in [2.45, 2.75) is 6.36 Å². The minimum absolute atomic E-state index is 0.0240. The summed E-state index contributed by atoms with van der Waals surface area (Å²) < 4.78 is 44.0. The summed E-state index contributed by atoms with van der Waals surface area (Å²) in [6.45, 7) is 0. The van der Waals surface area contributed by atoms with E-state index in [4.69, 9.17) is 22.1 Å². The molecule has 1 aromatic rings. The lowest BCUT2D eigenvalue weighted by molar-refractivity contribution is -0.274. The van der Waals surface area contributed by atoms with Crippen molar-refractivity contribution in [2.75, 3.05) is 12.8 Å². The second kappa shape index (κ2) is 4.06. The number of nitrogens with two attached hydrogens (primary N) is 1. The Balaban J connectivity index is 3.06. The molecule has 0 bridgehead atoms. The molecule has 0 unspecified atom stereocenters. The number of hydrogen-bond donors (Lipinski definition) is 1. The molecule has 0 radical (unpaired) electrons. The molecule has 0 saturated carbocycles. The highest BCUT2D eigenvalue weighted by Crippen LogP contribution is 2.36. The van der Waals surface area contributed by atoms with Gasteiger partial charge in [-0.05, 0) is 0 Å². The van der Waals surface area contributed by atoms with Crippen LogP contribution in [-0.2, 0) is 0 Å². The summed E-state index contributed by atoms with van der Waals surface area (Å²) in [5.74, 6) is -0.447. The molecule has 0 atom stereocenters. The molecule has 7 heteroatoms. The van der Waals surface area contributed by atoms with Gasteiger partial charge in [-0.1, -0.05) is 11.6 Å². The highest BCUT2D eigenvalue weighted by molar-refractivity contribution is 6.34. The average Bonchev–Trinajstić information content (AvgIpc) is 2.08. The highest BCUT2D eigenvalue weighted by atomic mass is 35.5. The predicted octanol–water partition coefficient (Wildman–Crippen LogP) is 2.83. The number of halogens is 4. The molecule has 84 valence electrons. The summed E-state index contributed by atoms with van der Waals surface area (Å²) in [6, 6.07) is 1.98. The van der Waals surface area contributed by atoms with E-state index < -0.39 is 12.1 Å². The fourth-order valence-electron chi connectivity index (χ4n) is 0.934. The zero-order valence-electron chi connectivity index (χ0n) is 7.56. The minimum Gasteiger partial charge on any atom is -0.495 e. The van der Waals surface area contributed by atoms with E-state index in [0.717, 1.165) is 12.1 Å². The maximum Gasteiger partial charge on any atom is 0.573 e. The largest absolute Gasteiger partial charge is 0.573 e. The molecule has 2 N–H and O–H groups in total. The first-order chi connectivity index (χ1) is 6.83. The molecular weight excluding hydrogens is 235 g/mol. The number of methoxy groups -OCH3 is 1. The quantitative estimate of drug-likeness (QED) is 0.810. The summed E-state index contributed by atoms with van der Waals surface area (Å²) in [5.41, 5.74) is 5.31. The fraction of sp³-hybridized carbons (Fsp3) is 0.250. The average molecular weight is 242 g/mol. The highest BCUT2D eigenvalue weighted by Gasteiger charge is 2.31. The molecule has 0 amide bonds. The Morgan fingerprint density at radius 1 is 1.33 bits per heavy atom. The van der Waals surface area contributed by atoms with E-state index in [1.807, 2.05) is 0 Å². The first-order valence-electron chi connectivity index (χ1n) is 3.72. The Hall–Kier alpha value is -1.30. The van der Waals surface area contributed by atoms with Gasteiger partial charge in [-0.25, -0.2) is 0 Å². The van der Waals surface area contributed by atoms with Crippen molar-refractivity contribution < 1.29 is 22.6 Å². The number of rotatable bonds is 2. The smallest absolute Gasteiger partial charge is 0.495 e. The van der Waals surface area contributed by atoms with E-state index in [1.54, 1.807) is 0 Å². The Morgan fingerprint density at radius 3 is 2.40 bits per heavy atom. The zero-order valence-corrected chi connectivity index (χ0v) is 8.32. The Bertz CT molecular complexity index is 368. The molecule has 1 rings (SSSR count). The first kappa shape index (κ1) is 11.8. The first-order valence-corrected chi connectivity index (χ1v) is 4.10. The standard InChI is InChI=1S/C8H7ClF3NO2/c1-14-6-3-4(15-8(10,11)12)2-5(13)7(6)9/h2-3H,13H2,1H3. The lowest BCUT2D eigenvalue weighted by Crippen LogP contribution is -2.17. The molecule has 0 aliphatic rings. The lowest BCUT2D eigenvalue weighted by Gasteiger charge is -2.12. The Labute approximate surface area is 88.5 Å². The number of alkyl halides is 3. The molecule has 0 aliphatic carbocycles. The number of hydrogen-bond acceptors (Lipinski definition) is 3. The van der Waals surface area contributed by atoms with Crippen molar-refractivity contribution in [1.82, 2.24) is 0 Å². The van der Waals surface area contributed by atoms with Gasteiger partial charge in [0.15, 0.2) is 0 Å². The second-order valence-electron chi connectivity index (χ2n) is 2.58. The topological polar surface area (TPSA) is 44.5 Å². The third-order valence-corrected chi connectivity index (χ3v) is 1.90. The molecule has 0 aromatic heterocycles. The van der Waals surface area contributed by atoms with Gasteiger partial charge in [0.1, 0.15) is 16.5 Å². The monoisotopic (exact) mass is 241 g/mol. The van der Waals surface area contributed by atoms with Gasteiger partial charge in [0.25, 0.3) is 0 Å². The van der Waals surface area contributed by atoms with Gasteiger partial charge in [0.2, 0.25) is 0 Å². The van der Waals surface area contributed by atoms with Crippen molar-refractivity contribution in [3.63, 3.8) is 0 Å². The van der Waals surface area contributed by atoms with Gasteiger partial charge in [-0.2, -0.15) is 0 Å². The summed E-state index contributed by atoms with van der Waals surface area (Å²) in [7, 11) is 1.26. The molecule has 3 nitrogen and oxygen atoms in total. The maximum absolute atomic E-state index is 11.9. The van der Waals surface area contributed by atoms with Crippen LogP contribution in [0.25, 0.3) is 0 Å². The van der Waals surface area contributed by atoms with Crippen LogP contribution in [0, 0.1) is 0 Å². The third kappa shape index (κ3) is 3.09. The number of benzene rings is 1. The van der Waals surface area contributed by atoms with Crippen molar-refractivity contribution in [2.24, 2.45) is 0 Å². The van der Waals surface area contributed by atoms with Crippen LogP contribution in [0.1, 0.15) is 0 Å². The van der Waals surface area contributed by atoms with Crippen molar-refractivity contribution in [3.8, 4) is 11.5 Å². The van der Waals surface area contributed by atoms with E-state index in [-0.39, 0.29) is 16.5 Å². The SMILES string of the molecule is COc1cc(OC(F)(F)F)cc(N)c1Cl. The van der Waals surface area contributed by atoms with E-state index in [0.29, 0.717) is 0 Å². The molecule has 0 saturated heterocycles. The van der Waals surface area contributed by atoms with Gasteiger partial charge in [0.05, 0.1) is 12.8 Å². The number of nitrogen functional groups attached to an aromatic ring is 1. The number of ether oxygens (including phenoxy) is 2. The van der Waals surface area contributed by atoms with Gasteiger partial charge < -0.3 is 15.2 Å². The van der Waals surface area contributed by atoms with Crippen LogP contribution in [0.4, 0.5) is 18.9 Å². The van der Waals surface area contributed by atoms with Gasteiger partial charge in [-0.3, -0.25) is 0 Å². The van der Waals surface area contributed by atoms with Crippen LogP contribution in [0.3, 0.4) is 0 Å². The van der Waals surface area contributed by atoms with Gasteiger partial charge in [-0.15, -0.1) is 13.2 Å². The van der Waals surface area contributed by atoms with Crippen molar-refractivity contribution in [1.29, 1.82) is 0 Å². The second-order valence-corrected chi connectivity index (χ2v) is 2.95. The molecule has 15 heavy (non-hydrogen) atoms. The Morgan fingerprint density at radius 2 is 1.93 bits per heavy atom. The summed E-state index contributed by atoms with van der Waals surface area (Å²) in [4.78, 5) is 0. The van der Waals surface area contributed by atoms with Crippen molar-refractivity contribution >= 4 is 17.3 Å². The van der Waals surface area contributed by atoms with E-state index in [9.17, 15) is 13.2 Å². The molecule has 0 fully saturated rings. The van der Waals surface area contributed by atoms with Gasteiger partial charge in [0, 0.05) is 12.1 Å². The van der Waals surface area contributed by atoms with Crippen LogP contribution < -0.4 is 15.2 Å². The van der Waals surface area contributed by atoms with Crippen LogP contribution in [-0.4, -0.2) is 13.5 Å². The minimum atomic E-state index is -4.77. The molecule has 0 heterocycles. The van der Waals surface area contributed by atoms with E-state index in [1.165, 1.54) is 7.11 Å². The third-order valence-electron chi connectivity index (χ3n) is 1.49. The predicted molar refractivity (Wildman–Crippen MR) is 49.1 cm³/mol. The van der Waals surface area contributed by atoms with Crippen LogP contribution in [0.15, 0.2) is 12.1 Å². The summed E-state index contributed by atoms with van der Waals surface area (Å²) >= 11 is 5.65. The lowest BCUT2D eigenvalue weighted by atomic mass is 10.3. The van der Waals surface area contributed by atoms with Crippen LogP contribution >= 0.6 is 11.6 Å². The summed E-state index contributed by atoms with van der Waals surface area (Å²) in [6.07, 6.45) is -4.77. The molecular formula is C8H7ClF3NO2. The molecule has 0 spiro atoms. The van der Waals surface area contributed by atoms with E-state index in [2.05, 4.69) is 4.74 Å². The normalized spacial score (nSPS) is 11.3. The number of anilines is 1. The van der Waals surface area contributed by atoms with Crippen LogP contribution in [0.5, 0.6) is 11.5 Å².